The number of carbonyl (C=O) groups excluding carboxylic acids is 1. The van der Waals surface area contributed by atoms with E-state index in [1.165, 1.54) is 0 Å². The number of ether oxygens (including phenoxy) is 1. The van der Waals surface area contributed by atoms with Crippen molar-refractivity contribution >= 4 is 17.5 Å². The van der Waals surface area contributed by atoms with Gasteiger partial charge in [-0.15, -0.1) is 0 Å². The normalized spacial score (nSPS) is 18.5. The molecular weight excluding hydrogens is 264 g/mol. The molecule has 1 heterocycles. The first kappa shape index (κ1) is 14.3. The van der Waals surface area contributed by atoms with E-state index < -0.39 is 0 Å². The zero-order valence-electron chi connectivity index (χ0n) is 10.8. The molecule has 19 heavy (non-hydrogen) atoms. The summed E-state index contributed by atoms with van der Waals surface area (Å²) in [6.07, 6.45) is 2.46. The lowest BCUT2D eigenvalue weighted by molar-refractivity contribution is -0.120. The molecule has 0 saturated carbocycles. The van der Waals surface area contributed by atoms with Gasteiger partial charge in [-0.3, -0.25) is 4.79 Å². The van der Waals surface area contributed by atoms with Crippen LogP contribution < -0.4 is 10.6 Å². The number of hydrogen-bond donors (Lipinski definition) is 2. The van der Waals surface area contributed by atoms with Crippen LogP contribution in [0.4, 0.5) is 0 Å². The summed E-state index contributed by atoms with van der Waals surface area (Å²) in [6, 6.07) is 7.48. The van der Waals surface area contributed by atoms with Gasteiger partial charge in [0, 0.05) is 24.7 Å². The Morgan fingerprint density at radius 1 is 1.47 bits per heavy atom. The minimum Gasteiger partial charge on any atom is -0.377 e. The van der Waals surface area contributed by atoms with E-state index in [1.54, 1.807) is 0 Å². The second-order valence-corrected chi connectivity index (χ2v) is 5.11. The summed E-state index contributed by atoms with van der Waals surface area (Å²) in [5.74, 6) is -0.0158. The Kier molecular flexibility index (Phi) is 5.63. The third kappa shape index (κ3) is 5.19. The van der Waals surface area contributed by atoms with Gasteiger partial charge in [0.15, 0.2) is 0 Å². The molecule has 1 aliphatic heterocycles. The number of nitrogens with one attached hydrogen (secondary N) is 2. The van der Waals surface area contributed by atoms with Crippen LogP contribution in [0.3, 0.4) is 0 Å². The Labute approximate surface area is 118 Å². The third-order valence-electron chi connectivity index (χ3n) is 3.06. The maximum atomic E-state index is 11.6. The molecule has 0 radical (unpaired) electrons. The molecule has 1 aromatic rings. The zero-order chi connectivity index (χ0) is 13.5. The Morgan fingerprint density at radius 2 is 2.37 bits per heavy atom. The number of rotatable bonds is 6. The van der Waals surface area contributed by atoms with Gasteiger partial charge < -0.3 is 15.4 Å². The zero-order valence-corrected chi connectivity index (χ0v) is 11.6. The fourth-order valence-corrected chi connectivity index (χ4v) is 2.27. The van der Waals surface area contributed by atoms with Crippen LogP contribution in [0, 0.1) is 0 Å². The lowest BCUT2D eigenvalue weighted by Gasteiger charge is -2.11. The summed E-state index contributed by atoms with van der Waals surface area (Å²) in [5, 5.41) is 6.65. The maximum absolute atomic E-state index is 11.6. The number of hydrogen-bond acceptors (Lipinski definition) is 3. The van der Waals surface area contributed by atoms with Gasteiger partial charge >= 0.3 is 0 Å². The summed E-state index contributed by atoms with van der Waals surface area (Å²) < 4.78 is 5.47. The second-order valence-electron chi connectivity index (χ2n) is 4.67. The van der Waals surface area contributed by atoms with Gasteiger partial charge in [-0.1, -0.05) is 23.7 Å². The quantitative estimate of drug-likeness (QED) is 0.835. The molecule has 1 aliphatic rings. The maximum Gasteiger partial charge on any atom is 0.234 e. The molecule has 5 heteroatoms. The Hall–Kier alpha value is -1.10. The van der Waals surface area contributed by atoms with Crippen molar-refractivity contribution in [3.05, 3.63) is 34.9 Å². The molecular formula is C14H19ClN2O2. The van der Waals surface area contributed by atoms with Crippen molar-refractivity contribution in [2.45, 2.75) is 25.5 Å². The Morgan fingerprint density at radius 3 is 3.11 bits per heavy atom. The van der Waals surface area contributed by atoms with Gasteiger partial charge in [-0.25, -0.2) is 0 Å². The van der Waals surface area contributed by atoms with Gasteiger partial charge in [-0.05, 0) is 30.5 Å². The second kappa shape index (κ2) is 7.48. The number of benzene rings is 1. The highest BCUT2D eigenvalue weighted by Crippen LogP contribution is 2.11. The van der Waals surface area contributed by atoms with E-state index in [0.29, 0.717) is 18.1 Å². The molecule has 0 aromatic heterocycles. The molecule has 1 saturated heterocycles. The number of halogens is 1. The van der Waals surface area contributed by atoms with Crippen molar-refractivity contribution in [2.24, 2.45) is 0 Å². The molecule has 1 amide bonds. The Balaban J connectivity index is 1.61. The van der Waals surface area contributed by atoms with Crippen molar-refractivity contribution in [3.8, 4) is 0 Å². The van der Waals surface area contributed by atoms with Gasteiger partial charge in [-0.2, -0.15) is 0 Å². The van der Waals surface area contributed by atoms with E-state index in [4.69, 9.17) is 16.3 Å². The van der Waals surface area contributed by atoms with E-state index >= 15 is 0 Å². The van der Waals surface area contributed by atoms with Crippen LogP contribution in [0.25, 0.3) is 0 Å². The summed E-state index contributed by atoms with van der Waals surface area (Å²) in [5.41, 5.74) is 1.000. The predicted octanol–water partition coefficient (Wildman–Crippen LogP) is 1.72. The molecule has 0 bridgehead atoms. The standard InChI is InChI=1S/C14H19ClN2O2/c15-12-4-1-3-11(7-12)8-17-14(18)10-16-9-13-5-2-6-19-13/h1,3-4,7,13,16H,2,5-6,8-10H2,(H,17,18). The summed E-state index contributed by atoms with van der Waals surface area (Å²) in [6.45, 7) is 2.40. The van der Waals surface area contributed by atoms with Crippen LogP contribution in [0.5, 0.6) is 0 Å². The van der Waals surface area contributed by atoms with E-state index in [0.717, 1.165) is 31.6 Å². The van der Waals surface area contributed by atoms with Crippen LogP contribution in [-0.4, -0.2) is 31.7 Å². The molecule has 4 nitrogen and oxygen atoms in total. The number of carbonyl (C=O) groups is 1. The fourth-order valence-electron chi connectivity index (χ4n) is 2.06. The third-order valence-corrected chi connectivity index (χ3v) is 3.30. The highest BCUT2D eigenvalue weighted by Gasteiger charge is 2.14. The van der Waals surface area contributed by atoms with Gasteiger partial charge in [0.1, 0.15) is 0 Å². The summed E-state index contributed by atoms with van der Waals surface area (Å²) in [4.78, 5) is 11.6. The van der Waals surface area contributed by atoms with Crippen molar-refractivity contribution in [1.82, 2.24) is 10.6 Å². The van der Waals surface area contributed by atoms with Crippen molar-refractivity contribution in [3.63, 3.8) is 0 Å². The molecule has 2 rings (SSSR count). The van der Waals surface area contributed by atoms with Gasteiger partial charge in [0.05, 0.1) is 12.6 Å². The van der Waals surface area contributed by atoms with E-state index in [1.807, 2.05) is 24.3 Å². The first-order valence-electron chi connectivity index (χ1n) is 6.57. The van der Waals surface area contributed by atoms with E-state index in [2.05, 4.69) is 10.6 Å². The number of amides is 1. The molecule has 0 spiro atoms. The topological polar surface area (TPSA) is 50.4 Å². The van der Waals surface area contributed by atoms with Gasteiger partial charge in [0.25, 0.3) is 0 Å². The molecule has 1 atom stereocenters. The first-order chi connectivity index (χ1) is 9.24. The molecule has 1 unspecified atom stereocenters. The highest BCUT2D eigenvalue weighted by atomic mass is 35.5. The molecule has 1 aromatic carbocycles. The SMILES string of the molecule is O=C(CNCC1CCCO1)NCc1cccc(Cl)c1. The summed E-state index contributed by atoms with van der Waals surface area (Å²) in [7, 11) is 0. The highest BCUT2D eigenvalue weighted by molar-refractivity contribution is 6.30. The van der Waals surface area contributed by atoms with Crippen LogP contribution in [0.2, 0.25) is 5.02 Å². The lowest BCUT2D eigenvalue weighted by Crippen LogP contribution is -2.36. The average molecular weight is 283 g/mol. The fraction of sp³-hybridized carbons (Fsp3) is 0.500. The minimum atomic E-state index is -0.0158. The van der Waals surface area contributed by atoms with E-state index in [9.17, 15) is 4.79 Å². The van der Waals surface area contributed by atoms with Crippen LogP contribution in [0.1, 0.15) is 18.4 Å². The average Bonchev–Trinajstić information content (AvgIpc) is 2.90. The molecule has 0 aliphatic carbocycles. The smallest absolute Gasteiger partial charge is 0.234 e. The van der Waals surface area contributed by atoms with Crippen molar-refractivity contribution in [1.29, 1.82) is 0 Å². The lowest BCUT2D eigenvalue weighted by atomic mass is 10.2. The Bertz CT molecular complexity index is 420. The van der Waals surface area contributed by atoms with Crippen molar-refractivity contribution < 1.29 is 9.53 Å². The van der Waals surface area contributed by atoms with E-state index in [-0.39, 0.29) is 12.0 Å². The van der Waals surface area contributed by atoms with Crippen LogP contribution in [-0.2, 0) is 16.1 Å². The minimum absolute atomic E-state index is 0.0158. The predicted molar refractivity (Wildman–Crippen MR) is 75.1 cm³/mol. The summed E-state index contributed by atoms with van der Waals surface area (Å²) >= 11 is 5.88. The van der Waals surface area contributed by atoms with Crippen LogP contribution in [0.15, 0.2) is 24.3 Å². The largest absolute Gasteiger partial charge is 0.377 e. The van der Waals surface area contributed by atoms with Gasteiger partial charge in [0.2, 0.25) is 5.91 Å². The van der Waals surface area contributed by atoms with Crippen LogP contribution >= 0.6 is 11.6 Å². The molecule has 104 valence electrons. The van der Waals surface area contributed by atoms with Crippen molar-refractivity contribution in [2.75, 3.05) is 19.7 Å². The molecule has 1 fully saturated rings. The first-order valence-corrected chi connectivity index (χ1v) is 6.95. The monoisotopic (exact) mass is 282 g/mol. The molecule has 2 N–H and O–H groups in total.